The maximum atomic E-state index is 12.3. The highest BCUT2D eigenvalue weighted by Gasteiger charge is 2.14. The summed E-state index contributed by atoms with van der Waals surface area (Å²) in [6.07, 6.45) is 0. The van der Waals surface area contributed by atoms with Crippen molar-refractivity contribution >= 4 is 51.2 Å². The highest BCUT2D eigenvalue weighted by Crippen LogP contribution is 2.27. The summed E-state index contributed by atoms with van der Waals surface area (Å²) in [4.78, 5) is 17.0. The van der Waals surface area contributed by atoms with Crippen LogP contribution in [0.15, 0.2) is 53.7 Å². The fourth-order valence-electron chi connectivity index (χ4n) is 2.92. The molecule has 0 fully saturated rings. The molecule has 0 N–H and O–H groups in total. The molecule has 5 nitrogen and oxygen atoms in total. The molecule has 2 heterocycles. The average Bonchev–Trinajstić information content (AvgIpc) is 2.99. The Bertz CT molecular complexity index is 1110. The predicted octanol–water partition coefficient (Wildman–Crippen LogP) is 4.63. The van der Waals surface area contributed by atoms with E-state index in [9.17, 15) is 4.79 Å². The number of Topliss-reactive ketones (excluding diaryl/α,β-unsaturated/α-hetero) is 1. The maximum absolute atomic E-state index is 12.3. The molecule has 0 aliphatic rings. The van der Waals surface area contributed by atoms with Gasteiger partial charge in [0.1, 0.15) is 5.52 Å². The minimum absolute atomic E-state index is 0.00592. The standard InChI is InChI=1S/C19H15ClN4OS/c1-2-24-15-6-4-3-5-14(15)17-18(24)21-19(23-22-17)26-11-16(25)12-7-9-13(20)10-8-12/h3-10H,2,11H2,1H3. The highest BCUT2D eigenvalue weighted by atomic mass is 35.5. The Kier molecular flexibility index (Phi) is 4.61. The van der Waals surface area contributed by atoms with Crippen molar-refractivity contribution in [1.29, 1.82) is 0 Å². The highest BCUT2D eigenvalue weighted by molar-refractivity contribution is 7.99. The van der Waals surface area contributed by atoms with Gasteiger partial charge in [0, 0.05) is 22.5 Å². The summed E-state index contributed by atoms with van der Waals surface area (Å²) in [5, 5.41) is 10.7. The van der Waals surface area contributed by atoms with E-state index in [4.69, 9.17) is 11.6 Å². The zero-order valence-electron chi connectivity index (χ0n) is 14.0. The lowest BCUT2D eigenvalue weighted by atomic mass is 10.1. The van der Waals surface area contributed by atoms with Crippen molar-refractivity contribution in [1.82, 2.24) is 19.7 Å². The first-order chi connectivity index (χ1) is 12.7. The van der Waals surface area contributed by atoms with E-state index in [-0.39, 0.29) is 11.5 Å². The van der Waals surface area contributed by atoms with Crippen molar-refractivity contribution in [3.05, 3.63) is 59.1 Å². The summed E-state index contributed by atoms with van der Waals surface area (Å²) < 4.78 is 2.12. The van der Waals surface area contributed by atoms with Crippen LogP contribution in [0.2, 0.25) is 5.02 Å². The summed E-state index contributed by atoms with van der Waals surface area (Å²) in [5.74, 6) is 0.257. The molecule has 0 saturated carbocycles. The molecule has 0 saturated heterocycles. The molecular weight excluding hydrogens is 368 g/mol. The molecule has 4 aromatic rings. The van der Waals surface area contributed by atoms with Crippen LogP contribution in [-0.4, -0.2) is 31.3 Å². The molecule has 0 atom stereocenters. The molecule has 0 bridgehead atoms. The summed E-state index contributed by atoms with van der Waals surface area (Å²) >= 11 is 7.15. The molecule has 2 aromatic carbocycles. The number of hydrogen-bond donors (Lipinski definition) is 0. The number of para-hydroxylation sites is 1. The largest absolute Gasteiger partial charge is 0.324 e. The van der Waals surface area contributed by atoms with Gasteiger partial charge in [-0.3, -0.25) is 4.79 Å². The third kappa shape index (κ3) is 3.06. The predicted molar refractivity (Wildman–Crippen MR) is 105 cm³/mol. The second kappa shape index (κ2) is 7.05. The van der Waals surface area contributed by atoms with E-state index in [1.54, 1.807) is 24.3 Å². The number of halogens is 1. The van der Waals surface area contributed by atoms with Gasteiger partial charge >= 0.3 is 0 Å². The number of carbonyl (C=O) groups excluding carboxylic acids is 1. The van der Waals surface area contributed by atoms with E-state index >= 15 is 0 Å². The lowest BCUT2D eigenvalue weighted by Crippen LogP contribution is -2.04. The third-order valence-electron chi connectivity index (χ3n) is 4.17. The van der Waals surface area contributed by atoms with Crippen LogP contribution in [0.5, 0.6) is 0 Å². The van der Waals surface area contributed by atoms with Crippen molar-refractivity contribution < 1.29 is 4.79 Å². The Labute approximate surface area is 159 Å². The van der Waals surface area contributed by atoms with Crippen LogP contribution in [0.1, 0.15) is 17.3 Å². The topological polar surface area (TPSA) is 60.7 Å². The van der Waals surface area contributed by atoms with Gasteiger partial charge in [0.05, 0.1) is 11.3 Å². The lowest BCUT2D eigenvalue weighted by molar-refractivity contribution is 0.102. The Hall–Kier alpha value is -2.44. The van der Waals surface area contributed by atoms with Gasteiger partial charge in [0.15, 0.2) is 11.4 Å². The Morgan fingerprint density at radius 3 is 2.65 bits per heavy atom. The van der Waals surface area contributed by atoms with E-state index < -0.39 is 0 Å². The van der Waals surface area contributed by atoms with Crippen molar-refractivity contribution in [3.63, 3.8) is 0 Å². The zero-order chi connectivity index (χ0) is 18.1. The van der Waals surface area contributed by atoms with Crippen LogP contribution >= 0.6 is 23.4 Å². The monoisotopic (exact) mass is 382 g/mol. The maximum Gasteiger partial charge on any atom is 0.211 e. The lowest BCUT2D eigenvalue weighted by Gasteiger charge is -2.03. The summed E-state index contributed by atoms with van der Waals surface area (Å²) in [6.45, 7) is 2.86. The molecule has 0 aliphatic carbocycles. The number of rotatable bonds is 5. The quantitative estimate of drug-likeness (QED) is 0.372. The molecule has 0 unspecified atom stereocenters. The smallest absolute Gasteiger partial charge is 0.211 e. The molecule has 0 amide bonds. The molecule has 0 aliphatic heterocycles. The minimum Gasteiger partial charge on any atom is -0.324 e. The Balaban J connectivity index is 1.62. The molecule has 4 rings (SSSR count). The van der Waals surface area contributed by atoms with Crippen molar-refractivity contribution in [2.24, 2.45) is 0 Å². The Morgan fingerprint density at radius 2 is 1.88 bits per heavy atom. The number of fused-ring (bicyclic) bond motifs is 3. The number of benzene rings is 2. The fourth-order valence-corrected chi connectivity index (χ4v) is 3.72. The number of ketones is 1. The molecule has 0 spiro atoms. The van der Waals surface area contributed by atoms with Crippen LogP contribution in [0, 0.1) is 0 Å². The summed E-state index contributed by atoms with van der Waals surface area (Å²) in [7, 11) is 0. The van der Waals surface area contributed by atoms with Gasteiger partial charge in [-0.2, -0.15) is 0 Å². The molecular formula is C19H15ClN4OS. The number of hydrogen-bond acceptors (Lipinski definition) is 5. The molecule has 130 valence electrons. The summed E-state index contributed by atoms with van der Waals surface area (Å²) in [5.41, 5.74) is 3.30. The number of thioether (sulfide) groups is 1. The van der Waals surface area contributed by atoms with Crippen molar-refractivity contribution in [3.8, 4) is 0 Å². The van der Waals surface area contributed by atoms with E-state index in [0.717, 1.165) is 28.6 Å². The Morgan fingerprint density at radius 1 is 1.12 bits per heavy atom. The first kappa shape index (κ1) is 17.0. The molecule has 26 heavy (non-hydrogen) atoms. The van der Waals surface area contributed by atoms with Gasteiger partial charge in [-0.25, -0.2) is 4.98 Å². The van der Waals surface area contributed by atoms with E-state index in [1.165, 1.54) is 11.8 Å². The zero-order valence-corrected chi connectivity index (χ0v) is 15.6. The van der Waals surface area contributed by atoms with Gasteiger partial charge < -0.3 is 4.57 Å². The molecule has 0 radical (unpaired) electrons. The molecule has 7 heteroatoms. The molecule has 2 aromatic heterocycles. The van der Waals surface area contributed by atoms with Gasteiger partial charge in [-0.05, 0) is 37.3 Å². The van der Waals surface area contributed by atoms with Crippen LogP contribution < -0.4 is 0 Å². The van der Waals surface area contributed by atoms with Crippen molar-refractivity contribution in [2.45, 2.75) is 18.6 Å². The normalized spacial score (nSPS) is 11.3. The summed E-state index contributed by atoms with van der Waals surface area (Å²) in [6, 6.07) is 14.9. The first-order valence-electron chi connectivity index (χ1n) is 8.20. The van der Waals surface area contributed by atoms with Gasteiger partial charge in [0.2, 0.25) is 5.16 Å². The van der Waals surface area contributed by atoms with Crippen LogP contribution in [-0.2, 0) is 6.54 Å². The van der Waals surface area contributed by atoms with E-state index in [1.807, 2.05) is 18.2 Å². The second-order valence-electron chi connectivity index (χ2n) is 5.75. The van der Waals surface area contributed by atoms with Crippen LogP contribution in [0.4, 0.5) is 0 Å². The average molecular weight is 383 g/mol. The van der Waals surface area contributed by atoms with Crippen molar-refractivity contribution in [2.75, 3.05) is 5.75 Å². The SMILES string of the molecule is CCn1c2ccccc2c2nnc(SCC(=O)c3ccc(Cl)cc3)nc21. The third-order valence-corrected chi connectivity index (χ3v) is 5.26. The number of aryl methyl sites for hydroxylation is 1. The van der Waals surface area contributed by atoms with Crippen LogP contribution in [0.25, 0.3) is 22.1 Å². The number of nitrogens with zero attached hydrogens (tertiary/aromatic N) is 4. The fraction of sp³-hybridized carbons (Fsp3) is 0.158. The van der Waals surface area contributed by atoms with Gasteiger partial charge in [-0.15, -0.1) is 10.2 Å². The first-order valence-corrected chi connectivity index (χ1v) is 9.57. The van der Waals surface area contributed by atoms with Crippen LogP contribution in [0.3, 0.4) is 0 Å². The van der Waals surface area contributed by atoms with E-state index in [2.05, 4.69) is 32.7 Å². The van der Waals surface area contributed by atoms with Gasteiger partial charge in [0.25, 0.3) is 0 Å². The number of carbonyl (C=O) groups is 1. The van der Waals surface area contributed by atoms with Gasteiger partial charge in [-0.1, -0.05) is 41.6 Å². The second-order valence-corrected chi connectivity index (χ2v) is 7.13. The van der Waals surface area contributed by atoms with E-state index in [0.29, 0.717) is 15.7 Å². The number of aromatic nitrogens is 4. The minimum atomic E-state index is 0.00592.